The van der Waals surface area contributed by atoms with Crippen LogP contribution >= 0.6 is 0 Å². The van der Waals surface area contributed by atoms with Crippen molar-refractivity contribution >= 4 is 0 Å². The second-order valence-electron chi connectivity index (χ2n) is 4.01. The molecule has 2 aromatic rings. The van der Waals surface area contributed by atoms with Crippen LogP contribution in [0.25, 0.3) is 11.3 Å². The van der Waals surface area contributed by atoms with E-state index in [0.717, 1.165) is 0 Å². The van der Waals surface area contributed by atoms with Gasteiger partial charge in [0.15, 0.2) is 0 Å². The van der Waals surface area contributed by atoms with Crippen molar-refractivity contribution in [2.24, 2.45) is 0 Å². The van der Waals surface area contributed by atoms with Crippen LogP contribution in [0.2, 0.25) is 0 Å². The first-order valence-electron chi connectivity index (χ1n) is 5.94. The van der Waals surface area contributed by atoms with Crippen molar-refractivity contribution in [2.45, 2.75) is 0 Å². The Labute approximate surface area is 120 Å². The van der Waals surface area contributed by atoms with Gasteiger partial charge in [-0.15, -0.1) is 0 Å². The second-order valence-corrected chi connectivity index (χ2v) is 4.01. The van der Waals surface area contributed by atoms with Crippen LogP contribution in [0.3, 0.4) is 0 Å². The van der Waals surface area contributed by atoms with Gasteiger partial charge in [-0.2, -0.15) is 10.4 Å². The van der Waals surface area contributed by atoms with Crippen LogP contribution in [0.1, 0.15) is 5.56 Å². The van der Waals surface area contributed by atoms with Crippen molar-refractivity contribution < 1.29 is 14.2 Å². The normalized spacial score (nSPS) is 9.81. The van der Waals surface area contributed by atoms with Gasteiger partial charge in [0.1, 0.15) is 28.9 Å². The summed E-state index contributed by atoms with van der Waals surface area (Å²) in [7, 11) is 4.52. The highest BCUT2D eigenvalue weighted by Gasteiger charge is 2.17. The van der Waals surface area contributed by atoms with E-state index in [9.17, 15) is 4.79 Å². The largest absolute Gasteiger partial charge is 0.496 e. The fourth-order valence-corrected chi connectivity index (χ4v) is 1.88. The Kier molecular flexibility index (Phi) is 4.09. The van der Waals surface area contributed by atoms with Crippen LogP contribution in [0.15, 0.2) is 23.0 Å². The van der Waals surface area contributed by atoms with Crippen molar-refractivity contribution in [1.29, 1.82) is 5.26 Å². The van der Waals surface area contributed by atoms with Crippen molar-refractivity contribution in [2.75, 3.05) is 21.3 Å². The van der Waals surface area contributed by atoms with Crippen LogP contribution in [0, 0.1) is 11.3 Å². The Hall–Kier alpha value is -3.01. The molecule has 1 aromatic carbocycles. The molecule has 1 aromatic heterocycles. The van der Waals surface area contributed by atoms with Gasteiger partial charge in [0.2, 0.25) is 0 Å². The van der Waals surface area contributed by atoms with Gasteiger partial charge in [0.25, 0.3) is 5.56 Å². The van der Waals surface area contributed by atoms with E-state index in [0.29, 0.717) is 28.5 Å². The molecule has 0 unspecified atom stereocenters. The third-order valence-corrected chi connectivity index (χ3v) is 2.90. The molecule has 7 heteroatoms. The third kappa shape index (κ3) is 2.65. The summed E-state index contributed by atoms with van der Waals surface area (Å²) in [6.45, 7) is 0. The second kappa shape index (κ2) is 5.96. The van der Waals surface area contributed by atoms with Crippen LogP contribution in [0.5, 0.6) is 17.2 Å². The van der Waals surface area contributed by atoms with Gasteiger partial charge in [0, 0.05) is 12.1 Å². The van der Waals surface area contributed by atoms with Gasteiger partial charge >= 0.3 is 0 Å². The zero-order valence-electron chi connectivity index (χ0n) is 11.8. The summed E-state index contributed by atoms with van der Waals surface area (Å²) in [6, 6.07) is 6.52. The number of hydrogen-bond acceptors (Lipinski definition) is 6. The van der Waals surface area contributed by atoms with Crippen molar-refractivity contribution in [3.8, 4) is 34.6 Å². The van der Waals surface area contributed by atoms with E-state index < -0.39 is 5.56 Å². The van der Waals surface area contributed by atoms with Crippen molar-refractivity contribution in [1.82, 2.24) is 10.2 Å². The Morgan fingerprint density at radius 2 is 1.71 bits per heavy atom. The summed E-state index contributed by atoms with van der Waals surface area (Å²) in [5.41, 5.74) is 0.295. The fraction of sp³-hybridized carbons (Fsp3) is 0.214. The maximum Gasteiger partial charge on any atom is 0.282 e. The Bertz CT molecular complexity index is 737. The molecule has 0 bridgehead atoms. The Morgan fingerprint density at radius 1 is 1.10 bits per heavy atom. The molecule has 0 radical (unpaired) electrons. The minimum absolute atomic E-state index is 0.0417. The number of methoxy groups -OCH3 is 3. The summed E-state index contributed by atoms with van der Waals surface area (Å²) >= 11 is 0. The minimum atomic E-state index is -0.548. The number of aromatic nitrogens is 2. The molecule has 1 N–H and O–H groups in total. The molecule has 7 nitrogen and oxygen atoms in total. The van der Waals surface area contributed by atoms with Crippen molar-refractivity contribution in [3.05, 3.63) is 34.1 Å². The lowest BCUT2D eigenvalue weighted by Gasteiger charge is -2.14. The minimum Gasteiger partial charge on any atom is -0.496 e. The predicted octanol–water partition coefficient (Wildman–Crippen LogP) is 1.33. The number of nitrogens with zero attached hydrogens (tertiary/aromatic N) is 2. The molecule has 0 aliphatic carbocycles. The molecular weight excluding hydrogens is 274 g/mol. The zero-order chi connectivity index (χ0) is 15.4. The van der Waals surface area contributed by atoms with Gasteiger partial charge in [-0.1, -0.05) is 0 Å². The van der Waals surface area contributed by atoms with Crippen LogP contribution < -0.4 is 19.8 Å². The summed E-state index contributed by atoms with van der Waals surface area (Å²) in [5.74, 6) is 1.46. The first-order valence-corrected chi connectivity index (χ1v) is 5.94. The highest BCUT2D eigenvalue weighted by Crippen LogP contribution is 2.40. The fourth-order valence-electron chi connectivity index (χ4n) is 1.88. The zero-order valence-corrected chi connectivity index (χ0v) is 11.8. The molecule has 108 valence electrons. The van der Waals surface area contributed by atoms with E-state index in [1.165, 1.54) is 27.4 Å². The number of hydrogen-bond donors (Lipinski definition) is 1. The molecule has 0 fully saturated rings. The van der Waals surface area contributed by atoms with Crippen LogP contribution in [-0.2, 0) is 0 Å². The summed E-state index contributed by atoms with van der Waals surface area (Å²) in [4.78, 5) is 11.4. The number of H-pyrrole nitrogens is 1. The van der Waals surface area contributed by atoms with E-state index in [2.05, 4.69) is 10.2 Å². The molecule has 0 amide bonds. The number of nitriles is 1. The Morgan fingerprint density at radius 3 is 2.19 bits per heavy atom. The van der Waals surface area contributed by atoms with Gasteiger partial charge in [-0.3, -0.25) is 4.79 Å². The SMILES string of the molecule is COc1cc(OC)c(-c2cc(C#N)c(=O)[nH]n2)c(OC)c1. The van der Waals surface area contributed by atoms with Gasteiger partial charge in [0.05, 0.1) is 32.6 Å². The number of rotatable bonds is 4. The standard InChI is InChI=1S/C14H13N3O4/c1-19-9-5-11(20-2)13(12(6-9)21-3)10-4-8(7-15)14(18)17-16-10/h4-6H,1-3H3,(H,17,18). The monoisotopic (exact) mass is 287 g/mol. The number of ether oxygens (including phenoxy) is 3. The summed E-state index contributed by atoms with van der Waals surface area (Å²) in [5, 5.41) is 15.2. The van der Waals surface area contributed by atoms with E-state index in [1.807, 2.05) is 6.07 Å². The third-order valence-electron chi connectivity index (χ3n) is 2.90. The van der Waals surface area contributed by atoms with E-state index in [-0.39, 0.29) is 5.56 Å². The average Bonchev–Trinajstić information content (AvgIpc) is 2.54. The molecule has 0 aliphatic heterocycles. The van der Waals surface area contributed by atoms with E-state index in [1.54, 1.807) is 12.1 Å². The molecule has 2 rings (SSSR count). The topological polar surface area (TPSA) is 97.2 Å². The highest BCUT2D eigenvalue weighted by molar-refractivity contribution is 5.76. The molecule has 0 aliphatic rings. The number of aromatic amines is 1. The first-order chi connectivity index (χ1) is 10.1. The van der Waals surface area contributed by atoms with E-state index in [4.69, 9.17) is 19.5 Å². The quantitative estimate of drug-likeness (QED) is 0.911. The molecule has 0 saturated carbocycles. The predicted molar refractivity (Wildman–Crippen MR) is 74.7 cm³/mol. The molecule has 0 atom stereocenters. The molecule has 0 saturated heterocycles. The number of nitrogens with one attached hydrogen (secondary N) is 1. The smallest absolute Gasteiger partial charge is 0.282 e. The summed E-state index contributed by atoms with van der Waals surface area (Å²) < 4.78 is 15.8. The summed E-state index contributed by atoms with van der Waals surface area (Å²) in [6.07, 6.45) is 0. The lowest BCUT2D eigenvalue weighted by Crippen LogP contribution is -2.12. The van der Waals surface area contributed by atoms with Gasteiger partial charge in [-0.05, 0) is 6.07 Å². The van der Waals surface area contributed by atoms with Gasteiger partial charge in [-0.25, -0.2) is 5.10 Å². The molecule has 1 heterocycles. The number of benzene rings is 1. The molecular formula is C14H13N3O4. The van der Waals surface area contributed by atoms with Crippen LogP contribution in [0.4, 0.5) is 0 Å². The first kappa shape index (κ1) is 14.4. The highest BCUT2D eigenvalue weighted by atomic mass is 16.5. The van der Waals surface area contributed by atoms with E-state index >= 15 is 0 Å². The molecule has 21 heavy (non-hydrogen) atoms. The lowest BCUT2D eigenvalue weighted by atomic mass is 10.1. The average molecular weight is 287 g/mol. The maximum absolute atomic E-state index is 11.4. The lowest BCUT2D eigenvalue weighted by molar-refractivity contribution is 0.377. The Balaban J connectivity index is 2.73. The van der Waals surface area contributed by atoms with Gasteiger partial charge < -0.3 is 14.2 Å². The van der Waals surface area contributed by atoms with Crippen molar-refractivity contribution in [3.63, 3.8) is 0 Å². The van der Waals surface area contributed by atoms with Crippen LogP contribution in [-0.4, -0.2) is 31.5 Å². The molecule has 0 spiro atoms. The maximum atomic E-state index is 11.4.